The Labute approximate surface area is 179 Å². The largest absolute Gasteiger partial charge is 0.326 e. The van der Waals surface area contributed by atoms with Gasteiger partial charge in [0.05, 0.1) is 0 Å². The zero-order valence-corrected chi connectivity index (χ0v) is 18.3. The van der Waals surface area contributed by atoms with Crippen molar-refractivity contribution < 1.29 is 0 Å². The number of H-pyrrole nitrogens is 1. The maximum Gasteiger partial charge on any atom is 0.248 e. The lowest BCUT2D eigenvalue weighted by Crippen LogP contribution is -2.40. The molecular formula is C27H30N2O. The maximum absolute atomic E-state index is 11.9. The smallest absolute Gasteiger partial charge is 0.248 e. The molecule has 1 aromatic heterocycles. The van der Waals surface area contributed by atoms with Crippen LogP contribution in [0.1, 0.15) is 62.4 Å². The molecule has 0 amide bonds. The van der Waals surface area contributed by atoms with E-state index >= 15 is 0 Å². The molecule has 2 aliphatic carbocycles. The van der Waals surface area contributed by atoms with Gasteiger partial charge in [-0.1, -0.05) is 61.9 Å². The summed E-state index contributed by atoms with van der Waals surface area (Å²) in [4.78, 5) is 20.2. The van der Waals surface area contributed by atoms with E-state index in [0.717, 1.165) is 24.1 Å². The topological polar surface area (TPSA) is 45.2 Å². The van der Waals surface area contributed by atoms with E-state index in [4.69, 9.17) is 4.99 Å². The van der Waals surface area contributed by atoms with Crippen LogP contribution < -0.4 is 5.56 Å². The molecule has 2 aromatic rings. The quantitative estimate of drug-likeness (QED) is 0.502. The fourth-order valence-corrected chi connectivity index (χ4v) is 5.16. The van der Waals surface area contributed by atoms with Gasteiger partial charge in [0.25, 0.3) is 0 Å². The third kappa shape index (κ3) is 3.54. The number of fused-ring (bicyclic) bond motifs is 4. The van der Waals surface area contributed by atoms with Crippen LogP contribution in [-0.2, 0) is 12.0 Å². The molecule has 2 aliphatic rings. The molecule has 2 bridgehead atoms. The number of nitrogens with one attached hydrogen (secondary N) is 1. The summed E-state index contributed by atoms with van der Waals surface area (Å²) in [6.07, 6.45) is 12.4. The van der Waals surface area contributed by atoms with Crippen molar-refractivity contribution in [2.75, 3.05) is 0 Å². The molecule has 0 spiro atoms. The number of pyridine rings is 1. The normalized spacial score (nSPS) is 24.6. The van der Waals surface area contributed by atoms with Gasteiger partial charge in [0.2, 0.25) is 5.56 Å². The van der Waals surface area contributed by atoms with Crippen molar-refractivity contribution in [3.63, 3.8) is 0 Å². The average molecular weight is 399 g/mol. The number of benzene rings is 1. The predicted molar refractivity (Wildman–Crippen MR) is 126 cm³/mol. The average Bonchev–Trinajstić information content (AvgIpc) is 2.70. The van der Waals surface area contributed by atoms with Crippen molar-refractivity contribution in [1.29, 1.82) is 0 Å². The van der Waals surface area contributed by atoms with Gasteiger partial charge < -0.3 is 4.98 Å². The first-order valence-corrected chi connectivity index (χ1v) is 10.8. The van der Waals surface area contributed by atoms with Gasteiger partial charge in [0.15, 0.2) is 0 Å². The molecule has 0 aliphatic heterocycles. The Balaban J connectivity index is 1.76. The second-order valence-electron chi connectivity index (χ2n) is 8.74. The third-order valence-electron chi connectivity index (χ3n) is 6.35. The number of nitrogens with zero attached hydrogens (tertiary/aromatic N) is 1. The minimum Gasteiger partial charge on any atom is -0.326 e. The molecule has 0 unspecified atom stereocenters. The van der Waals surface area contributed by atoms with E-state index in [1.807, 2.05) is 18.4 Å². The van der Waals surface area contributed by atoms with Crippen LogP contribution in [0.15, 0.2) is 75.6 Å². The van der Waals surface area contributed by atoms with E-state index in [2.05, 4.69) is 75.2 Å². The summed E-state index contributed by atoms with van der Waals surface area (Å²) in [5, 5.41) is 0. The third-order valence-corrected chi connectivity index (χ3v) is 6.35. The molecule has 30 heavy (non-hydrogen) atoms. The van der Waals surface area contributed by atoms with Crippen molar-refractivity contribution in [1.82, 2.24) is 4.98 Å². The van der Waals surface area contributed by atoms with Crippen LogP contribution in [0.25, 0.3) is 6.08 Å². The summed E-state index contributed by atoms with van der Waals surface area (Å²) in [6, 6.07) is 12.1. The van der Waals surface area contributed by atoms with Gasteiger partial charge in [-0.2, -0.15) is 0 Å². The van der Waals surface area contributed by atoms with Crippen LogP contribution in [0.4, 0.5) is 0 Å². The lowest BCUT2D eigenvalue weighted by Gasteiger charge is -2.45. The summed E-state index contributed by atoms with van der Waals surface area (Å²) in [6.45, 7) is 8.73. The minimum absolute atomic E-state index is 0.0410. The van der Waals surface area contributed by atoms with Crippen LogP contribution in [0.2, 0.25) is 0 Å². The SMILES string of the molecule is C/C=C1\[C@H]2C=C(C)C[C@]1(/N=C/C=C/c1ccccc1C(C)C)c1ccc(=O)[nH]c1C2. The highest BCUT2D eigenvalue weighted by Crippen LogP contribution is 2.51. The molecule has 3 nitrogen and oxygen atoms in total. The minimum atomic E-state index is -0.433. The zero-order valence-electron chi connectivity index (χ0n) is 18.3. The zero-order chi connectivity index (χ0) is 21.3. The van der Waals surface area contributed by atoms with Gasteiger partial charge in [-0.05, 0) is 55.0 Å². The monoisotopic (exact) mass is 398 g/mol. The number of allylic oxidation sites excluding steroid dienone is 3. The molecule has 1 heterocycles. The van der Waals surface area contributed by atoms with Crippen LogP contribution in [0.3, 0.4) is 0 Å². The Morgan fingerprint density at radius 3 is 2.77 bits per heavy atom. The second kappa shape index (κ2) is 8.06. The van der Waals surface area contributed by atoms with E-state index in [-0.39, 0.29) is 11.5 Å². The molecular weight excluding hydrogens is 368 g/mol. The van der Waals surface area contributed by atoms with Crippen molar-refractivity contribution >= 4 is 12.3 Å². The van der Waals surface area contributed by atoms with Gasteiger partial charge >= 0.3 is 0 Å². The van der Waals surface area contributed by atoms with E-state index in [0.29, 0.717) is 5.92 Å². The van der Waals surface area contributed by atoms with Gasteiger partial charge in [-0.15, -0.1) is 0 Å². The molecule has 1 aromatic carbocycles. The van der Waals surface area contributed by atoms with Crippen LogP contribution in [0, 0.1) is 5.92 Å². The number of aromatic amines is 1. The Morgan fingerprint density at radius 1 is 1.20 bits per heavy atom. The number of aliphatic imine (C=N–C) groups is 1. The fraction of sp³-hybridized carbons (Fsp3) is 0.333. The Hall–Kier alpha value is -2.94. The van der Waals surface area contributed by atoms with Gasteiger partial charge in [-0.3, -0.25) is 9.79 Å². The number of hydrogen-bond acceptors (Lipinski definition) is 2. The van der Waals surface area contributed by atoms with Crippen LogP contribution >= 0.6 is 0 Å². The van der Waals surface area contributed by atoms with Gasteiger partial charge in [0.1, 0.15) is 5.54 Å². The molecule has 154 valence electrons. The highest BCUT2D eigenvalue weighted by atomic mass is 16.1. The van der Waals surface area contributed by atoms with Crippen LogP contribution in [-0.4, -0.2) is 11.2 Å². The Morgan fingerprint density at radius 2 is 2.00 bits per heavy atom. The summed E-state index contributed by atoms with van der Waals surface area (Å²) in [5.41, 5.74) is 6.94. The molecule has 0 saturated heterocycles. The molecule has 2 atom stereocenters. The standard InChI is InChI=1S/C27H30N2O/c1-5-23-21-15-19(4)17-27(23,24-12-13-26(30)29-25(24)16-21)28-14-8-10-20-9-6-7-11-22(20)18(2)3/h5-15,18,21H,16-17H2,1-4H3,(H,29,30)/b10-8+,23-5+,28-14+/t21-,27+/m0/s1. The van der Waals surface area contributed by atoms with E-state index < -0.39 is 5.54 Å². The highest BCUT2D eigenvalue weighted by molar-refractivity contribution is 5.80. The summed E-state index contributed by atoms with van der Waals surface area (Å²) in [7, 11) is 0. The Kier molecular flexibility index (Phi) is 5.46. The molecule has 4 rings (SSSR count). The first-order valence-electron chi connectivity index (χ1n) is 10.8. The summed E-state index contributed by atoms with van der Waals surface area (Å²) < 4.78 is 0. The number of hydrogen-bond donors (Lipinski definition) is 1. The molecule has 0 fully saturated rings. The number of aromatic nitrogens is 1. The first-order chi connectivity index (χ1) is 14.4. The van der Waals surface area contributed by atoms with Crippen LogP contribution in [0.5, 0.6) is 0 Å². The predicted octanol–water partition coefficient (Wildman–Crippen LogP) is 5.95. The van der Waals surface area contributed by atoms with E-state index in [1.165, 1.54) is 22.3 Å². The summed E-state index contributed by atoms with van der Waals surface area (Å²) in [5.74, 6) is 0.766. The molecule has 0 radical (unpaired) electrons. The number of rotatable bonds is 4. The van der Waals surface area contributed by atoms with Gasteiger partial charge in [0, 0.05) is 35.9 Å². The van der Waals surface area contributed by atoms with Crippen molar-refractivity contribution in [2.45, 2.75) is 52.0 Å². The van der Waals surface area contributed by atoms with Crippen molar-refractivity contribution in [3.8, 4) is 0 Å². The maximum atomic E-state index is 11.9. The first kappa shape index (κ1) is 20.3. The molecule has 1 N–H and O–H groups in total. The fourth-order valence-electron chi connectivity index (χ4n) is 5.16. The van der Waals surface area contributed by atoms with E-state index in [1.54, 1.807) is 6.07 Å². The Bertz CT molecular complexity index is 1130. The summed E-state index contributed by atoms with van der Waals surface area (Å²) >= 11 is 0. The lowest BCUT2D eigenvalue weighted by molar-refractivity contribution is 0.413. The van der Waals surface area contributed by atoms with Gasteiger partial charge in [-0.25, -0.2) is 0 Å². The van der Waals surface area contributed by atoms with Crippen molar-refractivity contribution in [3.05, 3.63) is 98.5 Å². The lowest BCUT2D eigenvalue weighted by atomic mass is 9.63. The highest BCUT2D eigenvalue weighted by Gasteiger charge is 2.46. The van der Waals surface area contributed by atoms with E-state index in [9.17, 15) is 4.79 Å². The second-order valence-corrected chi connectivity index (χ2v) is 8.74. The van der Waals surface area contributed by atoms with Crippen molar-refractivity contribution in [2.24, 2.45) is 10.9 Å². The molecule has 0 saturated carbocycles. The molecule has 3 heteroatoms.